The summed E-state index contributed by atoms with van der Waals surface area (Å²) in [5, 5.41) is 0.142. The average Bonchev–Trinajstić information content (AvgIpc) is 2.55. The Balaban J connectivity index is 1.86. The van der Waals surface area contributed by atoms with E-state index in [0.717, 1.165) is 5.56 Å². The van der Waals surface area contributed by atoms with Crippen LogP contribution in [-0.2, 0) is 16.6 Å². The monoisotopic (exact) mass is 364 g/mol. The molecule has 0 aliphatic rings. The van der Waals surface area contributed by atoms with Gasteiger partial charge in [0.25, 0.3) is 5.56 Å². The van der Waals surface area contributed by atoms with Crippen LogP contribution >= 0.6 is 11.6 Å². The fourth-order valence-corrected chi connectivity index (χ4v) is 3.67. The normalized spacial score (nSPS) is 13.8. The molecule has 0 N–H and O–H groups in total. The summed E-state index contributed by atoms with van der Waals surface area (Å²) in [5.41, 5.74) is 1.41. The van der Waals surface area contributed by atoms with Crippen LogP contribution in [0.5, 0.6) is 0 Å². The highest BCUT2D eigenvalue weighted by molar-refractivity contribution is 7.84. The van der Waals surface area contributed by atoms with Gasteiger partial charge in [0.05, 0.1) is 21.7 Å². The zero-order chi connectivity index (χ0) is 17.3. The van der Waals surface area contributed by atoms with Gasteiger partial charge in [-0.25, -0.2) is 9.37 Å². The lowest BCUT2D eigenvalue weighted by molar-refractivity contribution is 0.626. The molecule has 0 amide bonds. The van der Waals surface area contributed by atoms with Gasteiger partial charge >= 0.3 is 0 Å². The van der Waals surface area contributed by atoms with Crippen LogP contribution in [0.3, 0.4) is 0 Å². The highest BCUT2D eigenvalue weighted by Crippen LogP contribution is 2.21. The Morgan fingerprint density at radius 2 is 1.96 bits per heavy atom. The second-order valence-corrected chi connectivity index (χ2v) is 7.57. The van der Waals surface area contributed by atoms with Crippen molar-refractivity contribution in [3.63, 3.8) is 0 Å². The van der Waals surface area contributed by atoms with E-state index in [9.17, 15) is 13.4 Å². The minimum absolute atomic E-state index is 0.146. The summed E-state index contributed by atoms with van der Waals surface area (Å²) in [7, 11) is -1.29. The van der Waals surface area contributed by atoms with Crippen molar-refractivity contribution in [2.45, 2.75) is 17.9 Å². The number of fused-ring (bicyclic) bond motifs is 1. The molecule has 0 aliphatic carbocycles. The number of nitrogens with zero attached hydrogens (tertiary/aromatic N) is 2. The summed E-state index contributed by atoms with van der Waals surface area (Å²) in [5.74, 6) is -0.188. The molecule has 0 fully saturated rings. The number of benzene rings is 1. The zero-order valence-corrected chi connectivity index (χ0v) is 14.4. The average molecular weight is 365 g/mol. The SMILES string of the molecule is CC(c1ccc(F)cc1)S(=O)Cc1cc(=O)n2cc(Cl)ccc2n1. The molecule has 4 nitrogen and oxygen atoms in total. The minimum Gasteiger partial charge on any atom is -0.269 e. The summed E-state index contributed by atoms with van der Waals surface area (Å²) < 4.78 is 26.9. The molecule has 124 valence electrons. The Bertz CT molecular complexity index is 972. The molecule has 24 heavy (non-hydrogen) atoms. The second-order valence-electron chi connectivity index (χ2n) is 5.38. The van der Waals surface area contributed by atoms with Gasteiger partial charge in [0.2, 0.25) is 0 Å². The molecule has 0 saturated carbocycles. The predicted octanol–water partition coefficient (Wildman–Crippen LogP) is 3.50. The van der Waals surface area contributed by atoms with Gasteiger partial charge in [-0.3, -0.25) is 13.4 Å². The van der Waals surface area contributed by atoms with Crippen molar-refractivity contribution in [2.75, 3.05) is 0 Å². The van der Waals surface area contributed by atoms with Crippen molar-refractivity contribution >= 4 is 28.0 Å². The summed E-state index contributed by atoms with van der Waals surface area (Å²) in [6.07, 6.45) is 1.49. The molecule has 3 aromatic rings. The lowest BCUT2D eigenvalue weighted by Crippen LogP contribution is -2.17. The van der Waals surface area contributed by atoms with Crippen LogP contribution in [0.25, 0.3) is 5.65 Å². The summed E-state index contributed by atoms with van der Waals surface area (Å²) in [6.45, 7) is 1.80. The maximum atomic E-state index is 13.0. The third kappa shape index (κ3) is 3.55. The van der Waals surface area contributed by atoms with Gasteiger partial charge in [-0.05, 0) is 36.8 Å². The minimum atomic E-state index is -1.29. The molecule has 1 aromatic carbocycles. The number of hydrogen-bond acceptors (Lipinski definition) is 3. The quantitative estimate of drug-likeness (QED) is 0.712. The predicted molar refractivity (Wildman–Crippen MR) is 93.1 cm³/mol. The van der Waals surface area contributed by atoms with E-state index in [0.29, 0.717) is 16.4 Å². The molecule has 2 unspecified atom stereocenters. The van der Waals surface area contributed by atoms with Crippen molar-refractivity contribution in [1.29, 1.82) is 0 Å². The van der Waals surface area contributed by atoms with Crippen LogP contribution in [0.2, 0.25) is 5.02 Å². The van der Waals surface area contributed by atoms with Crippen molar-refractivity contribution in [2.24, 2.45) is 0 Å². The standard InChI is InChI=1S/C17H14ClFN2O2S/c1-11(12-2-5-14(19)6-3-12)24(23)10-15-8-17(22)21-9-13(18)4-7-16(21)20-15/h2-9,11H,10H2,1H3. The van der Waals surface area contributed by atoms with E-state index >= 15 is 0 Å². The number of rotatable bonds is 4. The molecule has 2 heterocycles. The molecule has 0 radical (unpaired) electrons. The molecular formula is C17H14ClFN2O2S. The largest absolute Gasteiger partial charge is 0.269 e. The van der Waals surface area contributed by atoms with E-state index in [-0.39, 0.29) is 22.4 Å². The topological polar surface area (TPSA) is 51.4 Å². The fraction of sp³-hybridized carbons (Fsp3) is 0.176. The lowest BCUT2D eigenvalue weighted by atomic mass is 10.2. The summed E-state index contributed by atoms with van der Waals surface area (Å²) >= 11 is 5.87. The zero-order valence-electron chi connectivity index (χ0n) is 12.8. The molecule has 2 aromatic heterocycles. The third-order valence-electron chi connectivity index (χ3n) is 3.70. The van der Waals surface area contributed by atoms with E-state index in [2.05, 4.69) is 4.98 Å². The molecule has 2 atom stereocenters. The van der Waals surface area contributed by atoms with Crippen LogP contribution in [0.1, 0.15) is 23.4 Å². The Morgan fingerprint density at radius 1 is 1.25 bits per heavy atom. The molecule has 7 heteroatoms. The maximum absolute atomic E-state index is 13.0. The molecule has 3 rings (SSSR count). The molecule has 0 bridgehead atoms. The summed E-state index contributed by atoms with van der Waals surface area (Å²) in [4.78, 5) is 16.5. The molecule has 0 spiro atoms. The molecule has 0 aliphatic heterocycles. The van der Waals surface area contributed by atoms with Crippen molar-refractivity contribution in [3.8, 4) is 0 Å². The number of halogens is 2. The molecule has 0 saturated heterocycles. The van der Waals surface area contributed by atoms with Gasteiger partial charge in [-0.15, -0.1) is 0 Å². The number of pyridine rings is 1. The van der Waals surface area contributed by atoms with Crippen LogP contribution in [0, 0.1) is 5.82 Å². The first-order chi connectivity index (χ1) is 11.4. The van der Waals surface area contributed by atoms with Crippen LogP contribution in [0.4, 0.5) is 4.39 Å². The Hall–Kier alpha value is -2.05. The van der Waals surface area contributed by atoms with E-state index in [1.165, 1.54) is 28.8 Å². The number of hydrogen-bond donors (Lipinski definition) is 0. The Morgan fingerprint density at radius 3 is 2.67 bits per heavy atom. The van der Waals surface area contributed by atoms with Gasteiger partial charge in [0, 0.05) is 23.1 Å². The second kappa shape index (κ2) is 6.83. The van der Waals surface area contributed by atoms with Crippen molar-refractivity contribution in [3.05, 3.63) is 81.1 Å². The first-order valence-electron chi connectivity index (χ1n) is 7.24. The van der Waals surface area contributed by atoms with Crippen LogP contribution in [0.15, 0.2) is 53.5 Å². The van der Waals surface area contributed by atoms with E-state index in [1.807, 2.05) is 0 Å². The van der Waals surface area contributed by atoms with Gasteiger partial charge in [-0.2, -0.15) is 0 Å². The van der Waals surface area contributed by atoms with Gasteiger partial charge < -0.3 is 0 Å². The molecular weight excluding hydrogens is 351 g/mol. The van der Waals surface area contributed by atoms with Crippen LogP contribution in [-0.4, -0.2) is 13.6 Å². The maximum Gasteiger partial charge on any atom is 0.258 e. The number of aromatic nitrogens is 2. The smallest absolute Gasteiger partial charge is 0.258 e. The summed E-state index contributed by atoms with van der Waals surface area (Å²) in [6, 6.07) is 10.6. The Labute approximate surface area is 145 Å². The lowest BCUT2D eigenvalue weighted by Gasteiger charge is -2.12. The fourth-order valence-electron chi connectivity index (χ4n) is 2.36. The highest BCUT2D eigenvalue weighted by atomic mass is 35.5. The van der Waals surface area contributed by atoms with Gasteiger partial charge in [-0.1, -0.05) is 23.7 Å². The van der Waals surface area contributed by atoms with E-state index < -0.39 is 10.8 Å². The van der Waals surface area contributed by atoms with Crippen LogP contribution < -0.4 is 5.56 Å². The Kier molecular flexibility index (Phi) is 4.78. The van der Waals surface area contributed by atoms with Gasteiger partial charge in [0.15, 0.2) is 0 Å². The third-order valence-corrected chi connectivity index (χ3v) is 5.57. The highest BCUT2D eigenvalue weighted by Gasteiger charge is 2.15. The van der Waals surface area contributed by atoms with Gasteiger partial charge in [0.1, 0.15) is 11.5 Å². The van der Waals surface area contributed by atoms with E-state index in [1.54, 1.807) is 31.2 Å². The first-order valence-corrected chi connectivity index (χ1v) is 9.00. The first kappa shape index (κ1) is 16.8. The van der Waals surface area contributed by atoms with Crippen molar-refractivity contribution in [1.82, 2.24) is 9.38 Å². The van der Waals surface area contributed by atoms with Crippen molar-refractivity contribution < 1.29 is 8.60 Å². The van der Waals surface area contributed by atoms with E-state index in [4.69, 9.17) is 11.6 Å².